The van der Waals surface area contributed by atoms with Crippen LogP contribution in [0.3, 0.4) is 0 Å². The predicted octanol–water partition coefficient (Wildman–Crippen LogP) is -0.513. The summed E-state index contributed by atoms with van der Waals surface area (Å²) in [6, 6.07) is 4.53. The lowest BCUT2D eigenvalue weighted by molar-refractivity contribution is -0.500. The molecule has 1 aliphatic rings. The molecule has 2 heterocycles. The number of rotatable bonds is 2. The monoisotopic (exact) mass is 298 g/mol. The van der Waals surface area contributed by atoms with Gasteiger partial charge in [0.2, 0.25) is 0 Å². The smallest absolute Gasteiger partial charge is 0.422 e. The summed E-state index contributed by atoms with van der Waals surface area (Å²) in [6.45, 7) is 0. The molecule has 20 heavy (non-hydrogen) atoms. The van der Waals surface area contributed by atoms with Gasteiger partial charge in [0.25, 0.3) is 0 Å². The molecule has 0 saturated heterocycles. The zero-order valence-electron chi connectivity index (χ0n) is 9.87. The molecule has 4 N–H and O–H groups in total. The van der Waals surface area contributed by atoms with E-state index in [9.17, 15) is 20.4 Å². The van der Waals surface area contributed by atoms with E-state index in [1.165, 1.54) is 24.1 Å². The maximum absolute atomic E-state index is 9.38. The Morgan fingerprint density at radius 1 is 1.05 bits per heavy atom. The minimum atomic E-state index is -3.27. The first-order valence-electron chi connectivity index (χ1n) is 5.45. The van der Waals surface area contributed by atoms with Crippen molar-refractivity contribution in [2.24, 2.45) is 0 Å². The molecule has 1 aliphatic heterocycles. The summed E-state index contributed by atoms with van der Waals surface area (Å²) in [7, 11) is 0. The summed E-state index contributed by atoms with van der Waals surface area (Å²) >= 11 is 1.30. The Hall–Kier alpha value is -1.78. The summed E-state index contributed by atoms with van der Waals surface area (Å²) in [5, 5.41) is 37.4. The molecule has 1 aromatic carbocycles. The van der Waals surface area contributed by atoms with Crippen LogP contribution in [0.5, 0.6) is 11.5 Å². The van der Waals surface area contributed by atoms with Gasteiger partial charge in [-0.05, 0) is 30.1 Å². The van der Waals surface area contributed by atoms with Crippen LogP contribution in [0.4, 0.5) is 0 Å². The van der Waals surface area contributed by atoms with Gasteiger partial charge in [-0.25, -0.2) is 4.98 Å². The van der Waals surface area contributed by atoms with Crippen LogP contribution in [0.2, 0.25) is 0 Å². The molecule has 0 atom stereocenters. The minimum absolute atomic E-state index is 0.0243. The van der Waals surface area contributed by atoms with Crippen LogP contribution in [0.25, 0.3) is 0 Å². The first-order chi connectivity index (χ1) is 9.37. The second-order valence-electron chi connectivity index (χ2n) is 4.04. The highest BCUT2D eigenvalue weighted by atomic mass is 32.2. The number of imidazole rings is 1. The van der Waals surface area contributed by atoms with Crippen LogP contribution in [0.15, 0.2) is 41.8 Å². The van der Waals surface area contributed by atoms with E-state index in [-0.39, 0.29) is 11.5 Å². The molecule has 0 aliphatic carbocycles. The molecule has 0 bridgehead atoms. The Balaban J connectivity index is 1.91. The van der Waals surface area contributed by atoms with Crippen LogP contribution in [0.1, 0.15) is 0 Å². The van der Waals surface area contributed by atoms with Crippen molar-refractivity contribution in [1.29, 1.82) is 0 Å². The lowest BCUT2D eigenvalue weighted by Crippen LogP contribution is -2.63. The third kappa shape index (κ3) is 2.21. The van der Waals surface area contributed by atoms with Gasteiger partial charge in [0.1, 0.15) is 6.33 Å². The van der Waals surface area contributed by atoms with Crippen molar-refractivity contribution in [3.63, 3.8) is 0 Å². The lowest BCUT2D eigenvalue weighted by Gasteiger charge is -2.37. The van der Waals surface area contributed by atoms with Crippen molar-refractivity contribution in [2.75, 3.05) is 0 Å². The van der Waals surface area contributed by atoms with E-state index in [1.807, 2.05) is 0 Å². The number of nitrogens with zero attached hydrogens (tertiary/aromatic N) is 2. The molecule has 3 rings (SSSR count). The average Bonchev–Trinajstić information content (AvgIpc) is 2.83. The van der Waals surface area contributed by atoms with Crippen LogP contribution in [-0.4, -0.2) is 41.3 Å². The predicted molar refractivity (Wildman–Crippen MR) is 65.5 cm³/mol. The maximum Gasteiger partial charge on any atom is 0.422 e. The second-order valence-corrected chi connectivity index (χ2v) is 5.12. The Labute approximate surface area is 117 Å². The van der Waals surface area contributed by atoms with Crippen LogP contribution >= 0.6 is 11.9 Å². The number of ether oxygens (including phenoxy) is 2. The Bertz CT molecular complexity index is 628. The molecule has 2 aromatic rings. The van der Waals surface area contributed by atoms with Crippen molar-refractivity contribution >= 4 is 11.9 Å². The van der Waals surface area contributed by atoms with E-state index in [2.05, 4.69) is 9.72 Å². The maximum atomic E-state index is 9.38. The van der Waals surface area contributed by atoms with Crippen LogP contribution < -0.4 is 9.47 Å². The molecule has 0 saturated carbocycles. The van der Waals surface area contributed by atoms with Crippen molar-refractivity contribution in [3.8, 4) is 11.5 Å². The topological polar surface area (TPSA) is 117 Å². The highest BCUT2D eigenvalue weighted by Crippen LogP contribution is 2.41. The zero-order valence-corrected chi connectivity index (χ0v) is 10.7. The first kappa shape index (κ1) is 13.2. The molecule has 0 fully saturated rings. The fraction of sp³-hybridized carbons (Fsp3) is 0.182. The highest BCUT2D eigenvalue weighted by molar-refractivity contribution is 7.97. The fourth-order valence-electron chi connectivity index (χ4n) is 1.57. The van der Waals surface area contributed by atoms with Gasteiger partial charge in [-0.2, -0.15) is 0 Å². The number of hydrogen-bond acceptors (Lipinski definition) is 8. The Kier molecular flexibility index (Phi) is 2.88. The third-order valence-electron chi connectivity index (χ3n) is 2.53. The van der Waals surface area contributed by atoms with Crippen molar-refractivity contribution in [2.45, 2.75) is 16.8 Å². The average molecular weight is 298 g/mol. The molecule has 8 nitrogen and oxygen atoms in total. The number of aliphatic hydroxyl groups is 4. The van der Waals surface area contributed by atoms with Gasteiger partial charge in [0, 0.05) is 17.3 Å². The molecular weight excluding hydrogens is 288 g/mol. The number of hydrogen-bond donors (Lipinski definition) is 4. The van der Waals surface area contributed by atoms with E-state index >= 15 is 0 Å². The fourth-order valence-corrected chi connectivity index (χ4v) is 2.32. The minimum Gasteiger partial charge on any atom is -0.428 e. The van der Waals surface area contributed by atoms with Gasteiger partial charge in [0.15, 0.2) is 11.5 Å². The largest absolute Gasteiger partial charge is 0.428 e. The zero-order chi connectivity index (χ0) is 14.4. The second kappa shape index (κ2) is 4.36. The summed E-state index contributed by atoms with van der Waals surface area (Å²) in [5.74, 6) is -6.57. The summed E-state index contributed by atoms with van der Waals surface area (Å²) in [6.07, 6.45) is 4.94. The molecule has 0 unspecified atom stereocenters. The van der Waals surface area contributed by atoms with E-state index < -0.39 is 11.9 Å². The Morgan fingerprint density at radius 3 is 2.40 bits per heavy atom. The standard InChI is InChI=1S/C11H10N2O6S/c14-10(15)11(16,17)19-9-5-7(1-2-8(9)18-10)20-13-4-3-12-6-13/h1-6,14-17H. The summed E-state index contributed by atoms with van der Waals surface area (Å²) in [4.78, 5) is 4.59. The van der Waals surface area contributed by atoms with E-state index in [0.29, 0.717) is 4.90 Å². The van der Waals surface area contributed by atoms with Gasteiger partial charge in [-0.1, -0.05) is 0 Å². The molecule has 106 valence electrons. The summed E-state index contributed by atoms with van der Waals surface area (Å²) < 4.78 is 11.1. The quantitative estimate of drug-likeness (QED) is 0.548. The normalized spacial score (nSPS) is 18.8. The number of aromatic nitrogens is 2. The highest BCUT2D eigenvalue weighted by Gasteiger charge is 2.57. The summed E-state index contributed by atoms with van der Waals surface area (Å²) in [5.41, 5.74) is 0. The van der Waals surface area contributed by atoms with Gasteiger partial charge >= 0.3 is 11.9 Å². The Morgan fingerprint density at radius 2 is 1.75 bits per heavy atom. The van der Waals surface area contributed by atoms with Gasteiger partial charge in [0.05, 0.1) is 0 Å². The third-order valence-corrected chi connectivity index (χ3v) is 3.43. The van der Waals surface area contributed by atoms with Crippen molar-refractivity contribution in [3.05, 3.63) is 36.9 Å². The molecule has 1 aromatic heterocycles. The lowest BCUT2D eigenvalue weighted by atomic mass is 10.3. The SMILES string of the molecule is OC1(O)Oc2ccc(Sn3ccnc3)cc2OC1(O)O. The van der Waals surface area contributed by atoms with Crippen molar-refractivity contribution < 1.29 is 29.9 Å². The first-order valence-corrected chi connectivity index (χ1v) is 6.23. The van der Waals surface area contributed by atoms with E-state index in [1.54, 1.807) is 28.8 Å². The van der Waals surface area contributed by atoms with Crippen LogP contribution in [0, 0.1) is 0 Å². The van der Waals surface area contributed by atoms with Crippen molar-refractivity contribution in [1.82, 2.24) is 8.96 Å². The molecule has 0 radical (unpaired) electrons. The van der Waals surface area contributed by atoms with Gasteiger partial charge < -0.3 is 29.9 Å². The molecule has 9 heteroatoms. The molecule has 0 spiro atoms. The molecular formula is C11H10N2O6S. The van der Waals surface area contributed by atoms with Gasteiger partial charge in [-0.3, -0.25) is 3.97 Å². The van der Waals surface area contributed by atoms with E-state index in [0.717, 1.165) is 0 Å². The van der Waals surface area contributed by atoms with Gasteiger partial charge in [-0.15, -0.1) is 0 Å². The molecule has 0 amide bonds. The number of fused-ring (bicyclic) bond motifs is 1. The van der Waals surface area contributed by atoms with E-state index in [4.69, 9.17) is 4.74 Å². The van der Waals surface area contributed by atoms with Crippen LogP contribution in [-0.2, 0) is 0 Å². The number of benzene rings is 1.